The molecular weight excluding hydrogens is 266 g/mol. The summed E-state index contributed by atoms with van der Waals surface area (Å²) in [5, 5.41) is 32.8. The van der Waals surface area contributed by atoms with Crippen LogP contribution in [-0.4, -0.2) is 85.7 Å². The predicted octanol–water partition coefficient (Wildman–Crippen LogP) is -3.40. The van der Waals surface area contributed by atoms with Crippen molar-refractivity contribution in [3.63, 3.8) is 0 Å². The Labute approximate surface area is 107 Å². The summed E-state index contributed by atoms with van der Waals surface area (Å²) < 4.78 is 25.2. The molecule has 0 saturated heterocycles. The Hall–Kier alpha value is -0.330. The van der Waals surface area contributed by atoms with Crippen molar-refractivity contribution in [3.8, 4) is 0 Å². The number of hydrogen-bond acceptors (Lipinski definition) is 7. The van der Waals surface area contributed by atoms with E-state index in [-0.39, 0.29) is 19.8 Å². The van der Waals surface area contributed by atoms with Crippen LogP contribution in [0, 0.1) is 0 Å². The lowest BCUT2D eigenvalue weighted by Gasteiger charge is -2.19. The van der Waals surface area contributed by atoms with Crippen LogP contribution >= 0.6 is 0 Å². The zero-order valence-corrected chi connectivity index (χ0v) is 11.0. The molecule has 9 nitrogen and oxygen atoms in total. The van der Waals surface area contributed by atoms with E-state index < -0.39 is 10.3 Å². The van der Waals surface area contributed by atoms with Gasteiger partial charge in [0, 0.05) is 32.7 Å². The number of aliphatic hydroxyl groups excluding tert-OH is 3. The van der Waals surface area contributed by atoms with Crippen LogP contribution in [-0.2, 0) is 10.3 Å². The third kappa shape index (κ3) is 24.8. The van der Waals surface area contributed by atoms with Crippen molar-refractivity contribution < 1.29 is 28.3 Å². The molecular formula is C8H23N3O6S. The topological polar surface area (TPSA) is 156 Å². The fourth-order valence-corrected chi connectivity index (χ4v) is 1.06. The van der Waals surface area contributed by atoms with Crippen LogP contribution in [0.15, 0.2) is 0 Å². The van der Waals surface area contributed by atoms with Gasteiger partial charge in [0.05, 0.1) is 19.8 Å². The Morgan fingerprint density at radius 3 is 1.72 bits per heavy atom. The van der Waals surface area contributed by atoms with Crippen LogP contribution in [0.2, 0.25) is 0 Å². The quantitative estimate of drug-likeness (QED) is 0.189. The molecule has 0 heterocycles. The van der Waals surface area contributed by atoms with E-state index in [1.54, 1.807) is 0 Å². The highest BCUT2D eigenvalue weighted by molar-refractivity contribution is 7.83. The van der Waals surface area contributed by atoms with Gasteiger partial charge in [-0.1, -0.05) is 0 Å². The van der Waals surface area contributed by atoms with Crippen LogP contribution in [0.4, 0.5) is 0 Å². The average molecular weight is 289 g/mol. The summed E-state index contributed by atoms with van der Waals surface area (Å²) in [7, 11) is -4.17. The minimum atomic E-state index is -4.17. The molecule has 18 heavy (non-hydrogen) atoms. The third-order valence-corrected chi connectivity index (χ3v) is 1.73. The first kappa shape index (κ1) is 20.0. The van der Waals surface area contributed by atoms with E-state index in [2.05, 4.69) is 10.5 Å². The highest BCUT2D eigenvalue weighted by atomic mass is 32.2. The molecule has 0 aliphatic heterocycles. The molecule has 10 heteroatoms. The van der Waals surface area contributed by atoms with Gasteiger partial charge in [-0.05, 0) is 0 Å². The van der Waals surface area contributed by atoms with E-state index in [0.717, 1.165) is 13.1 Å². The fourth-order valence-electron chi connectivity index (χ4n) is 1.06. The maximum Gasteiger partial charge on any atom is 0.330 e. The minimum absolute atomic E-state index is 0.111. The molecule has 0 radical (unpaired) electrons. The lowest BCUT2D eigenvalue weighted by atomic mass is 10.4. The predicted molar refractivity (Wildman–Crippen MR) is 66.3 cm³/mol. The molecule has 0 aromatic carbocycles. The standard InChI is InChI=1S/C8H20N2O3.H3NO3S/c11-6-2-9-1-3-10(4-7-12)5-8-13;1-5(2,3)4/h9,11-13H,1-8H2;(H3,1,2,3,4). The molecule has 7 N–H and O–H groups in total. The summed E-state index contributed by atoms with van der Waals surface area (Å²) in [6.07, 6.45) is 0. The zero-order valence-electron chi connectivity index (χ0n) is 10.2. The number of nitrogens with two attached hydrogens (primary N) is 1. The number of aliphatic hydroxyl groups is 3. The molecule has 0 rings (SSSR count). The SMILES string of the molecule is NS(=O)(=O)O.OCCNCCN(CCO)CCO. The molecule has 0 aromatic heterocycles. The van der Waals surface area contributed by atoms with E-state index in [1.165, 1.54) is 0 Å². The number of nitrogens with one attached hydrogen (secondary N) is 1. The molecule has 0 saturated carbocycles. The van der Waals surface area contributed by atoms with Gasteiger partial charge in [0.15, 0.2) is 0 Å². The van der Waals surface area contributed by atoms with Crippen LogP contribution in [0.25, 0.3) is 0 Å². The Bertz CT molecular complexity index is 248. The summed E-state index contributed by atoms with van der Waals surface area (Å²) in [4.78, 5) is 1.96. The third-order valence-electron chi connectivity index (χ3n) is 1.73. The van der Waals surface area contributed by atoms with Crippen molar-refractivity contribution in [3.05, 3.63) is 0 Å². The molecule has 0 aliphatic rings. The first-order valence-electron chi connectivity index (χ1n) is 5.36. The van der Waals surface area contributed by atoms with Gasteiger partial charge in [-0.25, -0.2) is 5.14 Å². The van der Waals surface area contributed by atoms with Crippen LogP contribution in [0.3, 0.4) is 0 Å². The Morgan fingerprint density at radius 2 is 1.39 bits per heavy atom. The Morgan fingerprint density at radius 1 is 0.944 bits per heavy atom. The van der Waals surface area contributed by atoms with E-state index >= 15 is 0 Å². The second-order valence-corrected chi connectivity index (χ2v) is 4.31. The molecule has 0 aromatic rings. The summed E-state index contributed by atoms with van der Waals surface area (Å²) >= 11 is 0. The van der Waals surface area contributed by atoms with Gasteiger partial charge in [-0.15, -0.1) is 0 Å². The first-order valence-corrected chi connectivity index (χ1v) is 6.86. The molecule has 0 unspecified atom stereocenters. The average Bonchev–Trinajstić information content (AvgIpc) is 2.22. The van der Waals surface area contributed by atoms with Crippen LogP contribution in [0.1, 0.15) is 0 Å². The monoisotopic (exact) mass is 289 g/mol. The number of rotatable bonds is 9. The Balaban J connectivity index is 0. The first-order chi connectivity index (χ1) is 8.35. The summed E-state index contributed by atoms with van der Waals surface area (Å²) in [5.74, 6) is 0. The van der Waals surface area contributed by atoms with Gasteiger partial charge in [0.2, 0.25) is 0 Å². The van der Waals surface area contributed by atoms with Gasteiger partial charge in [0.25, 0.3) is 0 Å². The highest BCUT2D eigenvalue weighted by Crippen LogP contribution is 1.84. The molecule has 0 aliphatic carbocycles. The van der Waals surface area contributed by atoms with Gasteiger partial charge in [0.1, 0.15) is 0 Å². The Kier molecular flexibility index (Phi) is 14.6. The van der Waals surface area contributed by atoms with E-state index in [9.17, 15) is 0 Å². The molecule has 0 amide bonds. The molecule has 112 valence electrons. The van der Waals surface area contributed by atoms with Gasteiger partial charge in [-0.3, -0.25) is 9.45 Å². The summed E-state index contributed by atoms with van der Waals surface area (Å²) in [6, 6.07) is 0. The largest absolute Gasteiger partial charge is 0.395 e. The van der Waals surface area contributed by atoms with Crippen molar-refractivity contribution in [2.45, 2.75) is 0 Å². The van der Waals surface area contributed by atoms with Crippen molar-refractivity contribution in [2.24, 2.45) is 5.14 Å². The van der Waals surface area contributed by atoms with Crippen molar-refractivity contribution in [2.75, 3.05) is 52.5 Å². The van der Waals surface area contributed by atoms with E-state index in [0.29, 0.717) is 19.6 Å². The highest BCUT2D eigenvalue weighted by Gasteiger charge is 2.01. The second-order valence-electron chi connectivity index (χ2n) is 3.28. The number of nitrogens with zero attached hydrogens (tertiary/aromatic N) is 1. The van der Waals surface area contributed by atoms with Gasteiger partial charge < -0.3 is 20.6 Å². The molecule has 0 fully saturated rings. The van der Waals surface area contributed by atoms with Crippen LogP contribution < -0.4 is 10.5 Å². The maximum absolute atomic E-state index is 8.97. The summed E-state index contributed by atoms with van der Waals surface area (Å²) in [5.41, 5.74) is 0. The summed E-state index contributed by atoms with van der Waals surface area (Å²) in [6.45, 7) is 3.66. The molecule has 0 atom stereocenters. The van der Waals surface area contributed by atoms with Crippen molar-refractivity contribution in [1.82, 2.24) is 10.2 Å². The van der Waals surface area contributed by atoms with E-state index in [1.807, 2.05) is 4.90 Å². The van der Waals surface area contributed by atoms with Gasteiger partial charge >= 0.3 is 10.3 Å². The normalized spacial score (nSPS) is 11.2. The lowest BCUT2D eigenvalue weighted by Crippen LogP contribution is -2.36. The zero-order chi connectivity index (χ0) is 14.4. The number of hydrogen-bond donors (Lipinski definition) is 6. The van der Waals surface area contributed by atoms with Crippen molar-refractivity contribution in [1.29, 1.82) is 0 Å². The van der Waals surface area contributed by atoms with Gasteiger partial charge in [-0.2, -0.15) is 8.42 Å². The minimum Gasteiger partial charge on any atom is -0.395 e. The molecule has 0 spiro atoms. The second kappa shape index (κ2) is 13.1. The van der Waals surface area contributed by atoms with Crippen molar-refractivity contribution >= 4 is 10.3 Å². The lowest BCUT2D eigenvalue weighted by molar-refractivity contribution is 0.161. The maximum atomic E-state index is 8.97. The smallest absolute Gasteiger partial charge is 0.330 e. The van der Waals surface area contributed by atoms with Crippen LogP contribution in [0.5, 0.6) is 0 Å². The molecule has 0 bridgehead atoms. The van der Waals surface area contributed by atoms with E-state index in [4.69, 9.17) is 28.3 Å². The fraction of sp³-hybridized carbons (Fsp3) is 1.00.